The van der Waals surface area contributed by atoms with Crippen LogP contribution in [0.25, 0.3) is 16.6 Å². The highest BCUT2D eigenvalue weighted by Gasteiger charge is 2.44. The molecule has 0 saturated heterocycles. The van der Waals surface area contributed by atoms with Gasteiger partial charge >= 0.3 is 5.97 Å². The summed E-state index contributed by atoms with van der Waals surface area (Å²) in [5.41, 5.74) is 5.86. The van der Waals surface area contributed by atoms with Crippen molar-refractivity contribution < 1.29 is 18.3 Å². The van der Waals surface area contributed by atoms with Gasteiger partial charge in [-0.2, -0.15) is 0 Å². The Hall–Kier alpha value is -5.40. The molecule has 8 rings (SSSR count). The van der Waals surface area contributed by atoms with Gasteiger partial charge in [-0.25, -0.2) is 13.6 Å². The molecule has 1 fully saturated rings. The predicted octanol–water partition coefficient (Wildman–Crippen LogP) is 9.27. The highest BCUT2D eigenvalue weighted by Crippen LogP contribution is 2.48. The summed E-state index contributed by atoms with van der Waals surface area (Å²) in [6.07, 6.45) is 0.296. The molecule has 0 unspecified atom stereocenters. The minimum Gasteiger partial charge on any atom is -0.462 e. The molecule has 2 aromatic heterocycles. The largest absolute Gasteiger partial charge is 0.462 e. The fourth-order valence-corrected chi connectivity index (χ4v) is 7.87. The van der Waals surface area contributed by atoms with Crippen molar-refractivity contribution >= 4 is 11.5 Å². The van der Waals surface area contributed by atoms with Gasteiger partial charge in [-0.15, -0.1) is 0 Å². The zero-order chi connectivity index (χ0) is 34.4. The van der Waals surface area contributed by atoms with Crippen LogP contribution in [-0.4, -0.2) is 21.9 Å². The summed E-state index contributed by atoms with van der Waals surface area (Å²) >= 11 is 0. The lowest BCUT2D eigenvalue weighted by molar-refractivity contribution is 0.0524. The molecule has 2 aliphatic rings. The number of pyridine rings is 2. The second-order valence-electron chi connectivity index (χ2n) is 13.1. The number of hydrogen-bond acceptors (Lipinski definition) is 4. The summed E-state index contributed by atoms with van der Waals surface area (Å²) in [7, 11) is 0. The average Bonchev–Trinajstić information content (AvgIpc) is 3.91. The minimum absolute atomic E-state index is 0.00203. The molecule has 4 aromatic carbocycles. The van der Waals surface area contributed by atoms with E-state index in [9.17, 15) is 9.59 Å². The number of benzene rings is 4. The highest BCUT2D eigenvalue weighted by atomic mass is 19.3. The summed E-state index contributed by atoms with van der Waals surface area (Å²) in [4.78, 5) is 28.7. The fraction of sp³-hybridized carbons (Fsp3) is 0.209. The zero-order valence-corrected chi connectivity index (χ0v) is 27.7. The lowest BCUT2D eigenvalue weighted by Crippen LogP contribution is -2.45. The van der Waals surface area contributed by atoms with Crippen molar-refractivity contribution in [1.29, 1.82) is 0 Å². The lowest BCUT2D eigenvalue weighted by atomic mass is 9.75. The highest BCUT2D eigenvalue weighted by molar-refractivity contribution is 5.91. The molecule has 0 N–H and O–H groups in total. The van der Waals surface area contributed by atoms with Crippen LogP contribution < -0.4 is 5.56 Å². The van der Waals surface area contributed by atoms with Crippen LogP contribution in [0.15, 0.2) is 132 Å². The van der Waals surface area contributed by atoms with Gasteiger partial charge in [-0.3, -0.25) is 14.1 Å². The third-order valence-corrected chi connectivity index (χ3v) is 10.2. The van der Waals surface area contributed by atoms with Crippen molar-refractivity contribution in [3.63, 3.8) is 0 Å². The van der Waals surface area contributed by atoms with Crippen molar-refractivity contribution in [2.75, 3.05) is 6.61 Å². The number of carbonyl (C=O) groups excluding carboxylic acids is 1. The summed E-state index contributed by atoms with van der Waals surface area (Å²) in [5, 5.41) is 0. The third kappa shape index (κ3) is 5.24. The molecule has 50 heavy (non-hydrogen) atoms. The number of hydrogen-bond donors (Lipinski definition) is 0. The van der Waals surface area contributed by atoms with E-state index in [-0.39, 0.29) is 29.2 Å². The second-order valence-corrected chi connectivity index (χ2v) is 13.1. The Morgan fingerprint density at radius 1 is 0.800 bits per heavy atom. The van der Waals surface area contributed by atoms with E-state index in [4.69, 9.17) is 4.74 Å². The molecule has 0 radical (unpaired) electrons. The summed E-state index contributed by atoms with van der Waals surface area (Å²) in [6, 6.07) is 40.6. The predicted molar refractivity (Wildman–Crippen MR) is 190 cm³/mol. The van der Waals surface area contributed by atoms with Gasteiger partial charge in [-0.1, -0.05) is 103 Å². The van der Waals surface area contributed by atoms with Crippen LogP contribution in [0.3, 0.4) is 0 Å². The number of carbonyl (C=O) groups is 1. The number of esters is 1. The van der Waals surface area contributed by atoms with Crippen LogP contribution >= 0.6 is 0 Å². The van der Waals surface area contributed by atoms with E-state index >= 15 is 8.78 Å². The standard InChI is InChI=1S/C43H36F2N2O3/c1-2-50-42(49)37-25-36(28-18-19-28)39-38(40(44)45)35(22-23-47(39)41(37)48)29-20-21-30-26-46(27-31(30)24-29)43(32-12-6-3-7-13-32,33-14-8-4-9-15-33)34-16-10-5-11-17-34/h3-17,20-25,28,40H,2,18-19,26-27H2,1H3. The molecular formula is C43H36F2N2O3. The molecule has 1 saturated carbocycles. The number of ether oxygens (including phenoxy) is 1. The monoisotopic (exact) mass is 666 g/mol. The van der Waals surface area contributed by atoms with Crippen molar-refractivity contribution in [2.24, 2.45) is 0 Å². The smallest absolute Gasteiger partial charge is 0.343 e. The topological polar surface area (TPSA) is 51.0 Å². The summed E-state index contributed by atoms with van der Waals surface area (Å²) < 4.78 is 36.9. The average molecular weight is 667 g/mol. The summed E-state index contributed by atoms with van der Waals surface area (Å²) in [6.45, 7) is 3.03. The van der Waals surface area contributed by atoms with E-state index in [1.807, 2.05) is 36.4 Å². The van der Waals surface area contributed by atoms with Crippen LogP contribution in [0.5, 0.6) is 0 Å². The first-order valence-corrected chi connectivity index (χ1v) is 17.1. The van der Waals surface area contributed by atoms with E-state index in [1.165, 1.54) is 16.7 Å². The fourth-order valence-electron chi connectivity index (χ4n) is 7.87. The Labute approximate surface area is 289 Å². The Morgan fingerprint density at radius 3 is 1.92 bits per heavy atom. The molecule has 3 heterocycles. The molecule has 0 bridgehead atoms. The van der Waals surface area contributed by atoms with E-state index in [1.54, 1.807) is 13.0 Å². The van der Waals surface area contributed by atoms with Gasteiger partial charge in [0.1, 0.15) is 5.56 Å². The maximum atomic E-state index is 15.3. The molecule has 7 heteroatoms. The van der Waals surface area contributed by atoms with E-state index in [2.05, 4.69) is 77.7 Å². The molecule has 250 valence electrons. The first-order valence-electron chi connectivity index (χ1n) is 17.1. The van der Waals surface area contributed by atoms with Gasteiger partial charge in [0.15, 0.2) is 0 Å². The van der Waals surface area contributed by atoms with Crippen molar-refractivity contribution in [1.82, 2.24) is 9.30 Å². The van der Waals surface area contributed by atoms with Crippen molar-refractivity contribution in [3.05, 3.63) is 182 Å². The third-order valence-electron chi connectivity index (χ3n) is 10.2. The van der Waals surface area contributed by atoms with E-state index in [0.717, 1.165) is 40.7 Å². The van der Waals surface area contributed by atoms with Crippen LogP contribution in [0.1, 0.15) is 81.4 Å². The molecule has 1 aliphatic carbocycles. The maximum absolute atomic E-state index is 15.3. The van der Waals surface area contributed by atoms with Gasteiger partial charge in [0.05, 0.1) is 23.2 Å². The quantitative estimate of drug-likeness (QED) is 0.114. The first kappa shape index (κ1) is 31.8. The Kier molecular flexibility index (Phi) is 8.16. The molecule has 6 aromatic rings. The Balaban J connectivity index is 1.27. The second kappa shape index (κ2) is 12.8. The van der Waals surface area contributed by atoms with Gasteiger partial charge in [0.25, 0.3) is 12.0 Å². The van der Waals surface area contributed by atoms with Crippen LogP contribution in [0.4, 0.5) is 8.78 Å². The number of aromatic nitrogens is 1. The Bertz CT molecular complexity index is 2170. The van der Waals surface area contributed by atoms with Gasteiger partial charge < -0.3 is 4.74 Å². The first-order chi connectivity index (χ1) is 24.4. The van der Waals surface area contributed by atoms with Crippen LogP contribution in [0.2, 0.25) is 0 Å². The number of fused-ring (bicyclic) bond motifs is 2. The Morgan fingerprint density at radius 2 is 1.38 bits per heavy atom. The number of alkyl halides is 2. The minimum atomic E-state index is -2.85. The van der Waals surface area contributed by atoms with Crippen molar-refractivity contribution in [3.8, 4) is 11.1 Å². The van der Waals surface area contributed by atoms with Crippen LogP contribution in [-0.2, 0) is 23.4 Å². The molecule has 1 aliphatic heterocycles. The van der Waals surface area contributed by atoms with E-state index in [0.29, 0.717) is 29.8 Å². The van der Waals surface area contributed by atoms with E-state index < -0.39 is 23.5 Å². The van der Waals surface area contributed by atoms with Crippen molar-refractivity contribution in [2.45, 2.75) is 50.7 Å². The number of nitrogens with zero attached hydrogens (tertiary/aromatic N) is 2. The lowest BCUT2D eigenvalue weighted by Gasteiger charge is -2.43. The number of rotatable bonds is 9. The molecule has 5 nitrogen and oxygen atoms in total. The van der Waals surface area contributed by atoms with Gasteiger partial charge in [0, 0.05) is 19.3 Å². The molecule has 0 atom stereocenters. The molecular weight excluding hydrogens is 630 g/mol. The maximum Gasteiger partial charge on any atom is 0.343 e. The van der Waals surface area contributed by atoms with Gasteiger partial charge in [0.2, 0.25) is 0 Å². The normalized spacial score (nSPS) is 14.6. The number of halogens is 2. The van der Waals surface area contributed by atoms with Gasteiger partial charge in [-0.05, 0) is 88.4 Å². The summed E-state index contributed by atoms with van der Waals surface area (Å²) in [5.74, 6) is -0.737. The molecule has 0 amide bonds. The SMILES string of the molecule is CCOC(=O)c1cc(C2CC2)c2c(C(F)F)c(-c3ccc4c(c3)CN(C(c3ccccc3)(c3ccccc3)c3ccccc3)C4)ccn2c1=O. The molecule has 0 spiro atoms. The zero-order valence-electron chi connectivity index (χ0n) is 27.7. The van der Waals surface area contributed by atoms with Crippen LogP contribution in [0, 0.1) is 0 Å².